The summed E-state index contributed by atoms with van der Waals surface area (Å²) in [5.41, 5.74) is 1.09. The third kappa shape index (κ3) is 3.11. The number of nitrogens with zero attached hydrogens (tertiary/aromatic N) is 1. The summed E-state index contributed by atoms with van der Waals surface area (Å²) in [5, 5.41) is 13.7. The van der Waals surface area contributed by atoms with Gasteiger partial charge < -0.3 is 10.4 Å². The van der Waals surface area contributed by atoms with Crippen LogP contribution in [0.5, 0.6) is 0 Å². The Labute approximate surface area is 123 Å². The Morgan fingerprint density at radius 2 is 2.14 bits per heavy atom. The maximum atomic E-state index is 11.8. The minimum Gasteiger partial charge on any atom is -0.388 e. The van der Waals surface area contributed by atoms with Crippen molar-refractivity contribution in [3.63, 3.8) is 0 Å². The van der Waals surface area contributed by atoms with Crippen LogP contribution in [0.1, 0.15) is 24.8 Å². The minimum atomic E-state index is -0.690. The normalized spacial score (nSPS) is 16.8. The number of hydrogen-bond acceptors (Lipinski definition) is 3. The lowest BCUT2D eigenvalue weighted by Crippen LogP contribution is -2.47. The highest BCUT2D eigenvalue weighted by Gasteiger charge is 2.34. The molecule has 0 aliphatic heterocycles. The first kappa shape index (κ1) is 13.8. The fourth-order valence-corrected chi connectivity index (χ4v) is 2.50. The number of aromatic nitrogens is 1. The molecule has 1 fully saturated rings. The molecule has 0 radical (unpaired) electrons. The molecule has 0 spiro atoms. The van der Waals surface area contributed by atoms with Gasteiger partial charge in [0.2, 0.25) is 5.91 Å². The van der Waals surface area contributed by atoms with E-state index in [4.69, 9.17) is 0 Å². The van der Waals surface area contributed by atoms with E-state index >= 15 is 0 Å². The average Bonchev–Trinajstić information content (AvgIpc) is 2.49. The number of amides is 1. The van der Waals surface area contributed by atoms with E-state index in [-0.39, 0.29) is 5.91 Å². The molecule has 0 saturated heterocycles. The molecular weight excluding hydrogens is 264 g/mol. The quantitative estimate of drug-likeness (QED) is 0.846. The molecule has 21 heavy (non-hydrogen) atoms. The van der Waals surface area contributed by atoms with Crippen LogP contribution in [0.4, 0.5) is 0 Å². The van der Waals surface area contributed by atoms with E-state index in [2.05, 4.69) is 10.3 Å². The Bertz CT molecular complexity index is 685. The fourth-order valence-electron chi connectivity index (χ4n) is 2.50. The topological polar surface area (TPSA) is 62.2 Å². The van der Waals surface area contributed by atoms with Gasteiger partial charge in [0.05, 0.1) is 11.1 Å². The second kappa shape index (κ2) is 5.66. The molecule has 108 valence electrons. The summed E-state index contributed by atoms with van der Waals surface area (Å²) >= 11 is 0. The number of carbonyl (C=O) groups excluding carboxylic acids is 1. The van der Waals surface area contributed by atoms with E-state index in [1.165, 1.54) is 6.08 Å². The van der Waals surface area contributed by atoms with Crippen LogP contribution in [0.2, 0.25) is 0 Å². The number of carbonyl (C=O) groups is 1. The van der Waals surface area contributed by atoms with Gasteiger partial charge in [-0.2, -0.15) is 0 Å². The Morgan fingerprint density at radius 3 is 2.90 bits per heavy atom. The van der Waals surface area contributed by atoms with Crippen molar-refractivity contribution < 1.29 is 9.90 Å². The van der Waals surface area contributed by atoms with Crippen molar-refractivity contribution in [2.24, 2.45) is 0 Å². The number of nitrogens with one attached hydrogen (secondary N) is 1. The lowest BCUT2D eigenvalue weighted by atomic mass is 9.80. The summed E-state index contributed by atoms with van der Waals surface area (Å²) in [6.45, 7) is 0.323. The van der Waals surface area contributed by atoms with Crippen LogP contribution >= 0.6 is 0 Å². The molecular formula is C17H18N2O2. The molecule has 4 nitrogen and oxygen atoms in total. The summed E-state index contributed by atoms with van der Waals surface area (Å²) in [7, 11) is 0. The second-order valence-corrected chi connectivity index (χ2v) is 5.55. The smallest absolute Gasteiger partial charge is 0.244 e. The van der Waals surface area contributed by atoms with Crippen LogP contribution in [0.15, 0.2) is 42.6 Å². The fraction of sp³-hybridized carbons (Fsp3) is 0.294. The molecule has 1 aromatic carbocycles. The van der Waals surface area contributed by atoms with Gasteiger partial charge in [0.1, 0.15) is 0 Å². The monoisotopic (exact) mass is 282 g/mol. The molecule has 1 aliphatic rings. The minimum absolute atomic E-state index is 0.191. The third-order valence-corrected chi connectivity index (χ3v) is 3.95. The molecule has 1 amide bonds. The zero-order valence-corrected chi connectivity index (χ0v) is 11.7. The Morgan fingerprint density at radius 1 is 1.33 bits per heavy atom. The zero-order chi connectivity index (χ0) is 14.7. The van der Waals surface area contributed by atoms with Crippen molar-refractivity contribution in [2.75, 3.05) is 6.54 Å². The van der Waals surface area contributed by atoms with Crippen molar-refractivity contribution in [3.05, 3.63) is 48.2 Å². The maximum absolute atomic E-state index is 11.8. The second-order valence-electron chi connectivity index (χ2n) is 5.55. The number of pyridine rings is 1. The maximum Gasteiger partial charge on any atom is 0.244 e. The van der Waals surface area contributed by atoms with Gasteiger partial charge in [-0.25, -0.2) is 0 Å². The summed E-state index contributed by atoms with van der Waals surface area (Å²) < 4.78 is 0. The van der Waals surface area contributed by atoms with Crippen LogP contribution < -0.4 is 5.32 Å². The van der Waals surface area contributed by atoms with Crippen LogP contribution in [-0.4, -0.2) is 28.1 Å². The predicted molar refractivity (Wildman–Crippen MR) is 82.6 cm³/mol. The molecule has 1 heterocycles. The molecule has 0 bridgehead atoms. The first-order valence-corrected chi connectivity index (χ1v) is 7.18. The largest absolute Gasteiger partial charge is 0.388 e. The Balaban J connectivity index is 1.68. The molecule has 3 rings (SSSR count). The average molecular weight is 282 g/mol. The molecule has 4 heteroatoms. The highest BCUT2D eigenvalue weighted by Crippen LogP contribution is 2.30. The van der Waals surface area contributed by atoms with Crippen molar-refractivity contribution >= 4 is 22.9 Å². The van der Waals surface area contributed by atoms with Gasteiger partial charge in [-0.05, 0) is 31.4 Å². The first-order chi connectivity index (χ1) is 10.2. The van der Waals surface area contributed by atoms with Crippen molar-refractivity contribution in [3.8, 4) is 0 Å². The van der Waals surface area contributed by atoms with E-state index in [1.54, 1.807) is 12.3 Å². The van der Waals surface area contributed by atoms with Crippen LogP contribution in [-0.2, 0) is 4.79 Å². The summed E-state index contributed by atoms with van der Waals surface area (Å²) in [6, 6.07) is 9.75. The first-order valence-electron chi connectivity index (χ1n) is 7.18. The van der Waals surface area contributed by atoms with Crippen molar-refractivity contribution in [2.45, 2.75) is 24.9 Å². The number of para-hydroxylation sites is 1. The predicted octanol–water partition coefficient (Wildman–Crippen LogP) is 2.28. The van der Waals surface area contributed by atoms with Gasteiger partial charge in [0.25, 0.3) is 0 Å². The summed E-state index contributed by atoms with van der Waals surface area (Å²) in [6.07, 6.45) is 7.56. The SMILES string of the molecule is O=C(C=Cc1cccc2cccnc12)NCC1(O)CCC1. The van der Waals surface area contributed by atoms with Crippen LogP contribution in [0.25, 0.3) is 17.0 Å². The summed E-state index contributed by atoms with van der Waals surface area (Å²) in [5.74, 6) is -0.191. The van der Waals surface area contributed by atoms with E-state index in [9.17, 15) is 9.90 Å². The van der Waals surface area contributed by atoms with Gasteiger partial charge >= 0.3 is 0 Å². The molecule has 1 aromatic heterocycles. The zero-order valence-electron chi connectivity index (χ0n) is 11.7. The Kier molecular flexibility index (Phi) is 3.71. The standard InChI is InChI=1S/C17H18N2O2/c20-15(19-12-17(21)9-3-10-17)8-7-14-5-1-4-13-6-2-11-18-16(13)14/h1-2,4-8,11,21H,3,9-10,12H2,(H,19,20). The molecule has 2 N–H and O–H groups in total. The van der Waals surface area contributed by atoms with E-state index in [0.717, 1.165) is 35.7 Å². The number of benzene rings is 1. The highest BCUT2D eigenvalue weighted by molar-refractivity contribution is 5.95. The van der Waals surface area contributed by atoms with Crippen LogP contribution in [0, 0.1) is 0 Å². The molecule has 1 aliphatic carbocycles. The third-order valence-electron chi connectivity index (χ3n) is 3.95. The molecule has 1 saturated carbocycles. The van der Waals surface area contributed by atoms with E-state index in [0.29, 0.717) is 6.54 Å². The van der Waals surface area contributed by atoms with E-state index < -0.39 is 5.60 Å². The molecule has 2 aromatic rings. The van der Waals surface area contributed by atoms with Crippen LogP contribution in [0.3, 0.4) is 0 Å². The van der Waals surface area contributed by atoms with Gasteiger partial charge in [-0.3, -0.25) is 9.78 Å². The lowest BCUT2D eigenvalue weighted by Gasteiger charge is -2.36. The Hall–Kier alpha value is -2.20. The summed E-state index contributed by atoms with van der Waals surface area (Å²) in [4.78, 5) is 16.2. The number of aliphatic hydroxyl groups is 1. The lowest BCUT2D eigenvalue weighted by molar-refractivity contribution is -0.118. The highest BCUT2D eigenvalue weighted by atomic mass is 16.3. The van der Waals surface area contributed by atoms with Gasteiger partial charge in [-0.1, -0.05) is 24.3 Å². The van der Waals surface area contributed by atoms with E-state index in [1.807, 2.05) is 30.3 Å². The van der Waals surface area contributed by atoms with Gasteiger partial charge in [0.15, 0.2) is 0 Å². The number of rotatable bonds is 4. The number of fused-ring (bicyclic) bond motifs is 1. The molecule has 0 unspecified atom stereocenters. The van der Waals surface area contributed by atoms with Gasteiger partial charge in [0, 0.05) is 29.8 Å². The molecule has 0 atom stereocenters. The van der Waals surface area contributed by atoms with Crippen molar-refractivity contribution in [1.82, 2.24) is 10.3 Å². The van der Waals surface area contributed by atoms with Gasteiger partial charge in [-0.15, -0.1) is 0 Å². The number of hydrogen-bond donors (Lipinski definition) is 2. The van der Waals surface area contributed by atoms with Crippen molar-refractivity contribution in [1.29, 1.82) is 0 Å².